The van der Waals surface area contributed by atoms with Gasteiger partial charge in [-0.15, -0.1) is 0 Å². The van der Waals surface area contributed by atoms with Crippen LogP contribution in [0.1, 0.15) is 13.8 Å². The molecule has 0 radical (unpaired) electrons. The summed E-state index contributed by atoms with van der Waals surface area (Å²) >= 11 is 0. The molecule has 5 rings (SSSR count). The Morgan fingerprint density at radius 3 is 1.31 bits per heavy atom. The summed E-state index contributed by atoms with van der Waals surface area (Å²) in [5.41, 5.74) is 0. The minimum Gasteiger partial charge on any atom is -0.394 e. The molecule has 5 fully saturated rings. The first-order valence-corrected chi connectivity index (χ1v) is 19.6. The average Bonchev–Trinajstić information content (AvgIpc) is 3.23. The summed E-state index contributed by atoms with van der Waals surface area (Å²) in [5.74, 6) is -1.47. The molecule has 62 heavy (non-hydrogen) atoms. The van der Waals surface area contributed by atoms with Crippen LogP contribution in [0.25, 0.3) is 0 Å². The maximum atomic E-state index is 12.4. The van der Waals surface area contributed by atoms with Crippen molar-refractivity contribution in [2.75, 3.05) is 33.0 Å². The Morgan fingerprint density at radius 2 is 0.774 bits per heavy atom. The Morgan fingerprint density at radius 1 is 0.387 bits per heavy atom. The topological polar surface area (TPSA) is 445 Å². The SMILES string of the molecule is CC(=O)N[C@@H]1[C@@H](O)[C@H](O[C@@H]2O[C@H](CO)[C@@H](O[C@@H]3O[C@H](CO)[C@@H](O)[C@H](O[C@@H]4O[C@H](CO)[C@@H](O)[C@H](O)[C@@H]4O[C@@H]4O[C@H](CO)[C@@H](O)[C@H](O)[C@@H]4O)[C@@H]3O)[C@H](O)[C@H]2NC(C)=O)[C@@H](CO)O[C@H]1O. The molecule has 0 unspecified atom stereocenters. The van der Waals surface area contributed by atoms with Gasteiger partial charge in [0.05, 0.1) is 33.0 Å². The maximum absolute atomic E-state index is 12.4. The smallest absolute Gasteiger partial charge is 0.217 e. The molecular formula is C34H58N2O26. The molecule has 0 aliphatic carbocycles. The van der Waals surface area contributed by atoms with Gasteiger partial charge in [0.25, 0.3) is 0 Å². The monoisotopic (exact) mass is 910 g/mol. The lowest BCUT2D eigenvalue weighted by Gasteiger charge is -2.50. The molecule has 5 heterocycles. The molecule has 0 saturated carbocycles. The van der Waals surface area contributed by atoms with Crippen LogP contribution in [0, 0.1) is 0 Å². The number of carbonyl (C=O) groups is 2. The van der Waals surface area contributed by atoms with Crippen LogP contribution in [0.2, 0.25) is 0 Å². The number of aliphatic hydroxyl groups is 15. The molecule has 5 aliphatic rings. The minimum atomic E-state index is -2.18. The predicted molar refractivity (Wildman–Crippen MR) is 190 cm³/mol. The largest absolute Gasteiger partial charge is 0.394 e. The second-order valence-electron chi connectivity index (χ2n) is 15.4. The first kappa shape index (κ1) is 51.0. The molecule has 28 nitrogen and oxygen atoms in total. The molecule has 25 atom stereocenters. The van der Waals surface area contributed by atoms with E-state index in [-0.39, 0.29) is 0 Å². The lowest BCUT2D eigenvalue weighted by Crippen LogP contribution is -2.70. The fourth-order valence-electron chi connectivity index (χ4n) is 7.82. The van der Waals surface area contributed by atoms with Gasteiger partial charge in [-0.05, 0) is 0 Å². The van der Waals surface area contributed by atoms with Crippen LogP contribution in [0.5, 0.6) is 0 Å². The third kappa shape index (κ3) is 10.8. The zero-order valence-electron chi connectivity index (χ0n) is 33.2. The normalized spacial score (nSPS) is 49.0. The highest BCUT2D eigenvalue weighted by Crippen LogP contribution is 2.36. The third-order valence-electron chi connectivity index (χ3n) is 11.1. The predicted octanol–water partition coefficient (Wildman–Crippen LogP) is -11.6. The van der Waals surface area contributed by atoms with Gasteiger partial charge in [-0.25, -0.2) is 0 Å². The third-order valence-corrected chi connectivity index (χ3v) is 11.1. The molecule has 0 spiro atoms. The van der Waals surface area contributed by atoms with Crippen molar-refractivity contribution < 1.29 is 129 Å². The number of nitrogens with one attached hydrogen (secondary N) is 2. The first-order chi connectivity index (χ1) is 29.3. The first-order valence-electron chi connectivity index (χ1n) is 19.6. The second kappa shape index (κ2) is 22.0. The van der Waals surface area contributed by atoms with Crippen LogP contribution in [-0.2, 0) is 52.2 Å². The highest BCUT2D eigenvalue weighted by atomic mass is 16.8. The van der Waals surface area contributed by atoms with Crippen molar-refractivity contribution in [1.82, 2.24) is 10.6 Å². The van der Waals surface area contributed by atoms with Crippen LogP contribution in [-0.4, -0.2) is 275 Å². The Labute approximate surface area is 351 Å². The molecule has 5 aliphatic heterocycles. The van der Waals surface area contributed by atoms with E-state index in [4.69, 9.17) is 42.6 Å². The maximum Gasteiger partial charge on any atom is 0.217 e. The summed E-state index contributed by atoms with van der Waals surface area (Å²) in [5, 5.41) is 163. The van der Waals surface area contributed by atoms with Crippen LogP contribution in [0.15, 0.2) is 0 Å². The van der Waals surface area contributed by atoms with E-state index in [1.165, 1.54) is 0 Å². The lowest BCUT2D eigenvalue weighted by molar-refractivity contribution is -0.395. The molecule has 28 heteroatoms. The summed E-state index contributed by atoms with van der Waals surface area (Å²) in [6.07, 6.45) is -42.7. The molecule has 0 aromatic heterocycles. The van der Waals surface area contributed by atoms with Gasteiger partial charge in [-0.3, -0.25) is 9.59 Å². The van der Waals surface area contributed by atoms with Gasteiger partial charge in [0.15, 0.2) is 31.5 Å². The van der Waals surface area contributed by atoms with Gasteiger partial charge in [-0.1, -0.05) is 0 Å². The number of hydrogen-bond donors (Lipinski definition) is 17. The van der Waals surface area contributed by atoms with E-state index < -0.39 is 198 Å². The molecule has 2 amide bonds. The van der Waals surface area contributed by atoms with Crippen LogP contribution in [0.3, 0.4) is 0 Å². The van der Waals surface area contributed by atoms with Crippen LogP contribution >= 0.6 is 0 Å². The van der Waals surface area contributed by atoms with Gasteiger partial charge in [0.1, 0.15) is 122 Å². The zero-order valence-corrected chi connectivity index (χ0v) is 33.2. The summed E-state index contributed by atoms with van der Waals surface area (Å²) in [4.78, 5) is 24.2. The number of amides is 2. The molecule has 5 saturated heterocycles. The summed E-state index contributed by atoms with van der Waals surface area (Å²) < 4.78 is 51.0. The Hall–Kier alpha value is -2.02. The fourth-order valence-corrected chi connectivity index (χ4v) is 7.82. The van der Waals surface area contributed by atoms with Crippen molar-refractivity contribution in [2.24, 2.45) is 0 Å². The number of hydrogen-bond acceptors (Lipinski definition) is 26. The molecular weight excluding hydrogens is 852 g/mol. The van der Waals surface area contributed by atoms with Crippen LogP contribution in [0.4, 0.5) is 0 Å². The van der Waals surface area contributed by atoms with Crippen molar-refractivity contribution in [1.29, 1.82) is 0 Å². The number of aliphatic hydroxyl groups excluding tert-OH is 15. The molecule has 17 N–H and O–H groups in total. The summed E-state index contributed by atoms with van der Waals surface area (Å²) in [6.45, 7) is -2.53. The van der Waals surface area contributed by atoms with E-state index in [1.54, 1.807) is 0 Å². The molecule has 0 aromatic rings. The molecule has 0 bridgehead atoms. The van der Waals surface area contributed by atoms with Crippen molar-refractivity contribution in [3.63, 3.8) is 0 Å². The number of carbonyl (C=O) groups excluding carboxylic acids is 2. The quantitative estimate of drug-likeness (QED) is 0.0725. The van der Waals surface area contributed by atoms with Gasteiger partial charge >= 0.3 is 0 Å². The van der Waals surface area contributed by atoms with Crippen LogP contribution < -0.4 is 10.6 Å². The van der Waals surface area contributed by atoms with Crippen molar-refractivity contribution >= 4 is 11.8 Å². The average molecular weight is 911 g/mol. The van der Waals surface area contributed by atoms with Gasteiger partial charge in [0, 0.05) is 13.8 Å². The van der Waals surface area contributed by atoms with Gasteiger partial charge < -0.3 is 130 Å². The minimum absolute atomic E-state index is 0.687. The molecule has 0 aromatic carbocycles. The van der Waals surface area contributed by atoms with Crippen molar-refractivity contribution in [3.05, 3.63) is 0 Å². The Kier molecular flexibility index (Phi) is 18.1. The van der Waals surface area contributed by atoms with Gasteiger partial charge in [-0.2, -0.15) is 0 Å². The van der Waals surface area contributed by atoms with Crippen molar-refractivity contribution in [2.45, 2.75) is 167 Å². The van der Waals surface area contributed by atoms with E-state index in [1.807, 2.05) is 0 Å². The highest BCUT2D eigenvalue weighted by Gasteiger charge is 2.57. The fraction of sp³-hybridized carbons (Fsp3) is 0.941. The van der Waals surface area contributed by atoms with Crippen molar-refractivity contribution in [3.8, 4) is 0 Å². The summed E-state index contributed by atoms with van der Waals surface area (Å²) in [7, 11) is 0. The zero-order chi connectivity index (χ0) is 45.9. The van der Waals surface area contributed by atoms with E-state index in [0.717, 1.165) is 13.8 Å². The summed E-state index contributed by atoms with van der Waals surface area (Å²) in [6, 6.07) is -3.16. The second-order valence-corrected chi connectivity index (χ2v) is 15.4. The van der Waals surface area contributed by atoms with E-state index in [0.29, 0.717) is 0 Å². The Balaban J connectivity index is 1.38. The Bertz CT molecular complexity index is 1440. The standard InChI is InChI=1S/C34H58N2O26/c1-8(42)35-15-20(47)26(13(6-40)54-30(15)53)59-31-16(36-9(2)43)21(48)27(14(7-41)58-31)60-33-25(52)28(19(46)12(5-39)56-33)61-34-29(23(50)18(45)11(4-38)57-34)62-32-24(51)22(49)17(44)10(3-37)55-32/h10-34,37-41,44-53H,3-7H2,1-2H3,(H,35,42)(H,36,43)/t10-,11-,12-,13-,14-,15-,16-,17-,18-,19-,20-,21-,22+,23+,24+,25+,26-,27-,28+,29+,30-,31+,32+,33+,34+/m1/s1. The number of rotatable bonds is 15. The number of ether oxygens (including phenoxy) is 9. The van der Waals surface area contributed by atoms with Gasteiger partial charge in [0.2, 0.25) is 11.8 Å². The highest BCUT2D eigenvalue weighted by molar-refractivity contribution is 5.73. The lowest BCUT2D eigenvalue weighted by atomic mass is 9.94. The van der Waals surface area contributed by atoms with E-state index in [9.17, 15) is 86.2 Å². The molecule has 360 valence electrons. The van der Waals surface area contributed by atoms with E-state index in [2.05, 4.69) is 10.6 Å². The van der Waals surface area contributed by atoms with E-state index >= 15 is 0 Å².